The van der Waals surface area contributed by atoms with Crippen molar-refractivity contribution < 1.29 is 4.42 Å². The zero-order valence-corrected chi connectivity index (χ0v) is 31.4. The molecular formula is C51H32N4OS. The molecule has 11 rings (SSSR count). The van der Waals surface area contributed by atoms with Crippen molar-refractivity contribution in [3.05, 3.63) is 188 Å². The molecule has 3 heterocycles. The van der Waals surface area contributed by atoms with E-state index >= 15 is 0 Å². The number of fused-ring (bicyclic) bond motifs is 6. The number of benzene rings is 8. The number of nitrogens with one attached hydrogen (secondary N) is 1. The average molecular weight is 749 g/mol. The number of aromatic nitrogens is 3. The predicted octanol–water partition coefficient (Wildman–Crippen LogP) is 14.2. The molecule has 0 aliphatic rings. The van der Waals surface area contributed by atoms with E-state index in [1.165, 1.54) is 31.3 Å². The maximum atomic E-state index is 6.82. The molecule has 0 unspecified atom stereocenters. The van der Waals surface area contributed by atoms with Gasteiger partial charge in [0.1, 0.15) is 11.2 Å². The molecule has 0 atom stereocenters. The molecule has 57 heavy (non-hydrogen) atoms. The number of thiophene rings is 1. The normalized spacial score (nSPS) is 11.5. The fraction of sp³-hybridized carbons (Fsp3) is 0. The van der Waals surface area contributed by atoms with E-state index in [2.05, 4.69) is 133 Å². The van der Waals surface area contributed by atoms with Gasteiger partial charge in [0, 0.05) is 70.1 Å². The van der Waals surface area contributed by atoms with Crippen LogP contribution in [0, 0.1) is 0 Å². The Labute approximate surface area is 332 Å². The molecule has 0 amide bonds. The lowest BCUT2D eigenvalue weighted by atomic mass is 9.97. The number of nitrogens with zero attached hydrogens (tertiary/aromatic N) is 3. The van der Waals surface area contributed by atoms with Crippen molar-refractivity contribution in [3.63, 3.8) is 0 Å². The van der Waals surface area contributed by atoms with Crippen LogP contribution < -0.4 is 5.32 Å². The van der Waals surface area contributed by atoms with E-state index in [0.29, 0.717) is 17.5 Å². The van der Waals surface area contributed by atoms with Crippen LogP contribution in [0.2, 0.25) is 0 Å². The van der Waals surface area contributed by atoms with E-state index in [0.717, 1.165) is 61.1 Å². The first-order valence-corrected chi connectivity index (χ1v) is 19.7. The maximum absolute atomic E-state index is 6.82. The largest absolute Gasteiger partial charge is 0.455 e. The van der Waals surface area contributed by atoms with Crippen molar-refractivity contribution >= 4 is 64.8 Å². The summed E-state index contributed by atoms with van der Waals surface area (Å²) in [7, 11) is 0. The Morgan fingerprint density at radius 3 is 1.74 bits per heavy atom. The summed E-state index contributed by atoms with van der Waals surface area (Å²) in [5, 5.41) is 8.28. The average Bonchev–Trinajstić information content (AvgIpc) is 3.85. The highest BCUT2D eigenvalue weighted by atomic mass is 32.1. The van der Waals surface area contributed by atoms with Crippen molar-refractivity contribution in [3.8, 4) is 56.4 Å². The third-order valence-electron chi connectivity index (χ3n) is 10.5. The molecule has 8 aromatic carbocycles. The molecule has 0 radical (unpaired) electrons. The van der Waals surface area contributed by atoms with Crippen LogP contribution in [0.1, 0.15) is 0 Å². The summed E-state index contributed by atoms with van der Waals surface area (Å²) in [5.74, 6) is 1.85. The van der Waals surface area contributed by atoms with Crippen LogP contribution in [0.4, 0.5) is 11.4 Å². The SMILES string of the molecule is c1ccc(-c2nc(-c3ccccc3)nc(-c3ccc4c(c3)oc3c(-c5cccc6sc7cc(Nc8ccccc8-c8ccccc8)ccc7c56)cccc34)n2)cc1. The number of hydrogen-bond acceptors (Lipinski definition) is 6. The summed E-state index contributed by atoms with van der Waals surface area (Å²) in [6.45, 7) is 0. The van der Waals surface area contributed by atoms with Crippen molar-refractivity contribution in [1.82, 2.24) is 15.0 Å². The van der Waals surface area contributed by atoms with Crippen molar-refractivity contribution in [1.29, 1.82) is 0 Å². The first-order valence-electron chi connectivity index (χ1n) is 18.9. The third kappa shape index (κ3) is 5.91. The smallest absolute Gasteiger partial charge is 0.164 e. The topological polar surface area (TPSA) is 63.8 Å². The van der Waals surface area contributed by atoms with Gasteiger partial charge in [-0.25, -0.2) is 15.0 Å². The highest BCUT2D eigenvalue weighted by Gasteiger charge is 2.19. The number of rotatable bonds is 7. The molecule has 0 spiro atoms. The summed E-state index contributed by atoms with van der Waals surface area (Å²) in [6.07, 6.45) is 0. The van der Waals surface area contributed by atoms with Gasteiger partial charge in [0.05, 0.1) is 0 Å². The second kappa shape index (κ2) is 13.7. The maximum Gasteiger partial charge on any atom is 0.164 e. The molecule has 5 nitrogen and oxygen atoms in total. The molecule has 0 fully saturated rings. The first kappa shape index (κ1) is 33.0. The van der Waals surface area contributed by atoms with Crippen LogP contribution in [-0.2, 0) is 0 Å². The molecule has 0 aliphatic heterocycles. The first-order chi connectivity index (χ1) is 28.2. The summed E-state index contributed by atoms with van der Waals surface area (Å²) >= 11 is 1.82. The second-order valence-corrected chi connectivity index (χ2v) is 15.1. The zero-order chi connectivity index (χ0) is 37.7. The van der Waals surface area contributed by atoms with Gasteiger partial charge in [0.2, 0.25) is 0 Å². The Kier molecular flexibility index (Phi) is 7.93. The van der Waals surface area contributed by atoms with Crippen LogP contribution in [-0.4, -0.2) is 15.0 Å². The Morgan fingerprint density at radius 2 is 1.00 bits per heavy atom. The molecule has 0 saturated carbocycles. The summed E-state index contributed by atoms with van der Waals surface area (Å²) in [6, 6.07) is 65.1. The minimum Gasteiger partial charge on any atom is -0.455 e. The van der Waals surface area contributed by atoms with E-state index in [1.54, 1.807) is 0 Å². The molecule has 1 N–H and O–H groups in total. The van der Waals surface area contributed by atoms with Crippen LogP contribution >= 0.6 is 11.3 Å². The van der Waals surface area contributed by atoms with E-state index in [4.69, 9.17) is 19.4 Å². The third-order valence-corrected chi connectivity index (χ3v) is 11.7. The molecule has 3 aromatic heterocycles. The van der Waals surface area contributed by atoms with Gasteiger partial charge in [-0.3, -0.25) is 0 Å². The van der Waals surface area contributed by atoms with E-state index in [9.17, 15) is 0 Å². The van der Waals surface area contributed by atoms with Crippen molar-refractivity contribution in [2.24, 2.45) is 0 Å². The van der Waals surface area contributed by atoms with E-state index < -0.39 is 0 Å². The van der Waals surface area contributed by atoms with Crippen LogP contribution in [0.5, 0.6) is 0 Å². The predicted molar refractivity (Wildman–Crippen MR) is 237 cm³/mol. The number of hydrogen-bond donors (Lipinski definition) is 1. The minimum atomic E-state index is 0.595. The van der Waals surface area contributed by atoms with Gasteiger partial charge in [-0.05, 0) is 47.5 Å². The fourth-order valence-electron chi connectivity index (χ4n) is 7.83. The Balaban J connectivity index is 0.999. The lowest BCUT2D eigenvalue weighted by molar-refractivity contribution is 0.670. The summed E-state index contributed by atoms with van der Waals surface area (Å²) < 4.78 is 9.28. The monoisotopic (exact) mass is 748 g/mol. The number of para-hydroxylation sites is 2. The van der Waals surface area contributed by atoms with Gasteiger partial charge in [-0.2, -0.15) is 0 Å². The van der Waals surface area contributed by atoms with Gasteiger partial charge >= 0.3 is 0 Å². The van der Waals surface area contributed by atoms with Crippen LogP contribution in [0.25, 0.3) is 98.5 Å². The summed E-state index contributed by atoms with van der Waals surface area (Å²) in [4.78, 5) is 14.8. The second-order valence-electron chi connectivity index (χ2n) is 14.1. The van der Waals surface area contributed by atoms with Crippen molar-refractivity contribution in [2.45, 2.75) is 0 Å². The van der Waals surface area contributed by atoms with E-state index in [1.807, 2.05) is 72.0 Å². The summed E-state index contributed by atoms with van der Waals surface area (Å²) in [5.41, 5.74) is 11.1. The Hall–Kier alpha value is -7.41. The molecular weight excluding hydrogens is 717 g/mol. The number of furan rings is 1. The highest BCUT2D eigenvalue weighted by molar-refractivity contribution is 7.26. The zero-order valence-electron chi connectivity index (χ0n) is 30.6. The minimum absolute atomic E-state index is 0.595. The highest BCUT2D eigenvalue weighted by Crippen LogP contribution is 2.45. The van der Waals surface area contributed by atoms with Gasteiger partial charge in [-0.1, -0.05) is 152 Å². The lowest BCUT2D eigenvalue weighted by Gasteiger charge is -2.12. The molecule has 0 aliphatic carbocycles. The van der Waals surface area contributed by atoms with Crippen LogP contribution in [0.15, 0.2) is 192 Å². The quantitative estimate of drug-likeness (QED) is 0.176. The molecule has 11 aromatic rings. The molecule has 0 saturated heterocycles. The molecule has 0 bridgehead atoms. The number of anilines is 2. The Morgan fingerprint density at radius 1 is 0.404 bits per heavy atom. The fourth-order valence-corrected chi connectivity index (χ4v) is 9.00. The van der Waals surface area contributed by atoms with Gasteiger partial charge in [0.25, 0.3) is 0 Å². The standard InChI is InChI=1S/C51H32N4OS/c1-4-14-32(15-5-1)37-20-10-11-24-43(37)52-36-27-29-42-46(31-36)57-45-25-13-21-39(47(42)45)41-23-12-22-40-38-28-26-35(30-44(38)56-48(40)41)51-54-49(33-16-6-2-7-17-33)53-50(55-51)34-18-8-3-9-19-34/h1-31,52H. The lowest BCUT2D eigenvalue weighted by Crippen LogP contribution is -2.00. The molecule has 268 valence electrons. The van der Waals surface area contributed by atoms with Gasteiger partial charge in [0.15, 0.2) is 17.5 Å². The van der Waals surface area contributed by atoms with Gasteiger partial charge < -0.3 is 9.73 Å². The van der Waals surface area contributed by atoms with Crippen LogP contribution in [0.3, 0.4) is 0 Å². The van der Waals surface area contributed by atoms with Gasteiger partial charge in [-0.15, -0.1) is 11.3 Å². The van der Waals surface area contributed by atoms with Crippen molar-refractivity contribution in [2.75, 3.05) is 5.32 Å². The Bertz CT molecular complexity index is 3210. The molecule has 6 heteroatoms. The van der Waals surface area contributed by atoms with E-state index in [-0.39, 0.29) is 0 Å².